The monoisotopic (exact) mass is 672 g/mol. The lowest BCUT2D eigenvalue weighted by molar-refractivity contribution is -0.131. The fourth-order valence-corrected chi connectivity index (χ4v) is 6.62. The molecule has 4 aromatic rings. The van der Waals surface area contributed by atoms with Crippen LogP contribution in [-0.2, 0) is 19.1 Å². The van der Waals surface area contributed by atoms with Gasteiger partial charge in [0, 0.05) is 19.8 Å². The molecule has 0 spiro atoms. The van der Waals surface area contributed by atoms with Gasteiger partial charge in [-0.05, 0) is 95.2 Å². The highest BCUT2D eigenvalue weighted by molar-refractivity contribution is 5.92. The number of hydrogen-bond donors (Lipinski definition) is 0. The number of rotatable bonds is 15. The van der Waals surface area contributed by atoms with Crippen molar-refractivity contribution in [3.05, 3.63) is 121 Å². The van der Waals surface area contributed by atoms with Gasteiger partial charge in [0.2, 0.25) is 0 Å². The fraction of sp³-hybridized carbons (Fsp3) is 0.318. The van der Waals surface area contributed by atoms with Crippen molar-refractivity contribution < 1.29 is 28.5 Å². The van der Waals surface area contributed by atoms with E-state index < -0.39 is 11.9 Å². The molecule has 4 aromatic carbocycles. The molecule has 6 nitrogen and oxygen atoms in total. The molecule has 0 saturated heterocycles. The molecule has 0 N–H and O–H groups in total. The third kappa shape index (κ3) is 9.46. The Balaban J connectivity index is 1.35. The molecule has 1 fully saturated rings. The molecule has 50 heavy (non-hydrogen) atoms. The maximum Gasteiger partial charge on any atom is 0.341 e. The first-order chi connectivity index (χ1) is 24.3. The van der Waals surface area contributed by atoms with Crippen LogP contribution in [0.1, 0.15) is 63.4 Å². The smallest absolute Gasteiger partial charge is 0.341 e. The Morgan fingerprint density at radius 1 is 0.640 bits per heavy atom. The van der Waals surface area contributed by atoms with Crippen molar-refractivity contribution in [2.24, 2.45) is 5.92 Å². The number of benzene rings is 4. The van der Waals surface area contributed by atoms with Gasteiger partial charge in [-0.2, -0.15) is 0 Å². The first-order valence-corrected chi connectivity index (χ1v) is 17.5. The van der Waals surface area contributed by atoms with E-state index in [0.29, 0.717) is 17.4 Å². The third-order valence-electron chi connectivity index (χ3n) is 9.52. The number of methoxy groups -OCH3 is 2. The van der Waals surface area contributed by atoms with Crippen molar-refractivity contribution in [3.63, 3.8) is 0 Å². The van der Waals surface area contributed by atoms with E-state index in [0.717, 1.165) is 39.3 Å². The Bertz CT molecular complexity index is 1760. The zero-order chi connectivity index (χ0) is 35.5. The van der Waals surface area contributed by atoms with Gasteiger partial charge < -0.3 is 18.9 Å². The van der Waals surface area contributed by atoms with Gasteiger partial charge in [-0.15, -0.1) is 0 Å². The molecule has 0 amide bonds. The minimum absolute atomic E-state index is 0.103. The lowest BCUT2D eigenvalue weighted by Gasteiger charge is -2.29. The summed E-state index contributed by atoms with van der Waals surface area (Å²) in [4.78, 5) is 25.0. The van der Waals surface area contributed by atoms with Gasteiger partial charge >= 0.3 is 11.9 Å². The van der Waals surface area contributed by atoms with Crippen LogP contribution in [0.25, 0.3) is 33.4 Å². The Labute approximate surface area is 296 Å². The molecular formula is C44H48O6. The zero-order valence-corrected chi connectivity index (χ0v) is 29.5. The molecule has 1 aliphatic carbocycles. The number of carbonyl (C=O) groups is 2. The SMILES string of the molecule is C=C(COC)C(=O)Oc1ccc(-c2ccc(-c3ccc(OC(=O)C(=C)COC)c(-c4ccc(C5CCC(CCCC)CC5)cc4)c3)cc2)cc1. The van der Waals surface area contributed by atoms with Crippen molar-refractivity contribution in [1.82, 2.24) is 0 Å². The van der Waals surface area contributed by atoms with Gasteiger partial charge in [-0.1, -0.05) is 106 Å². The summed E-state index contributed by atoms with van der Waals surface area (Å²) in [6, 6.07) is 30.3. The Hall–Kier alpha value is -4.78. The summed E-state index contributed by atoms with van der Waals surface area (Å²) in [5.74, 6) is 1.35. The minimum atomic E-state index is -0.514. The summed E-state index contributed by atoms with van der Waals surface area (Å²) in [7, 11) is 3.03. The van der Waals surface area contributed by atoms with Crippen molar-refractivity contribution in [2.45, 2.75) is 57.8 Å². The molecule has 1 saturated carbocycles. The van der Waals surface area contributed by atoms with Crippen LogP contribution in [0.3, 0.4) is 0 Å². The summed E-state index contributed by atoms with van der Waals surface area (Å²) in [5, 5.41) is 0. The van der Waals surface area contributed by atoms with E-state index in [1.54, 1.807) is 12.1 Å². The van der Waals surface area contributed by atoms with Crippen LogP contribution in [0.15, 0.2) is 115 Å². The molecule has 260 valence electrons. The molecular weight excluding hydrogens is 624 g/mol. The highest BCUT2D eigenvalue weighted by Gasteiger charge is 2.22. The Kier molecular flexibility index (Phi) is 13.0. The molecule has 0 atom stereocenters. The Morgan fingerprint density at radius 2 is 1.14 bits per heavy atom. The molecule has 5 rings (SSSR count). The summed E-state index contributed by atoms with van der Waals surface area (Å²) < 4.78 is 21.3. The minimum Gasteiger partial charge on any atom is -0.423 e. The number of esters is 2. The van der Waals surface area contributed by atoms with E-state index in [9.17, 15) is 9.59 Å². The zero-order valence-electron chi connectivity index (χ0n) is 29.5. The van der Waals surface area contributed by atoms with Crippen molar-refractivity contribution in [3.8, 4) is 44.9 Å². The van der Waals surface area contributed by atoms with Crippen LogP contribution in [0.4, 0.5) is 0 Å². The highest BCUT2D eigenvalue weighted by atomic mass is 16.5. The molecule has 0 radical (unpaired) electrons. The van der Waals surface area contributed by atoms with E-state index in [4.69, 9.17) is 18.9 Å². The quantitative estimate of drug-likeness (QED) is 0.0711. The van der Waals surface area contributed by atoms with Gasteiger partial charge in [0.15, 0.2) is 0 Å². The number of carbonyl (C=O) groups excluding carboxylic acids is 2. The molecule has 0 bridgehead atoms. The van der Waals surface area contributed by atoms with Crippen molar-refractivity contribution in [2.75, 3.05) is 27.4 Å². The van der Waals surface area contributed by atoms with E-state index in [2.05, 4.69) is 74.7 Å². The van der Waals surface area contributed by atoms with Gasteiger partial charge in [0.1, 0.15) is 11.5 Å². The van der Waals surface area contributed by atoms with E-state index in [-0.39, 0.29) is 24.4 Å². The van der Waals surface area contributed by atoms with E-state index in [1.807, 2.05) is 24.3 Å². The predicted molar refractivity (Wildman–Crippen MR) is 200 cm³/mol. The van der Waals surface area contributed by atoms with Gasteiger partial charge in [-0.3, -0.25) is 0 Å². The number of hydrogen-bond acceptors (Lipinski definition) is 6. The standard InChI is InChI=1S/C44H48O6/c1-6-7-8-32-9-11-33(12-10-32)35-17-19-38(20-18-35)41-27-39(23-26-42(41)50-44(46)31(3)29-48-5)37-15-13-34(14-16-37)36-21-24-40(25-22-36)49-43(45)30(2)28-47-4/h13-27,32-33H,2-3,6-12,28-29H2,1,4-5H3. The Morgan fingerprint density at radius 3 is 1.70 bits per heavy atom. The second-order valence-electron chi connectivity index (χ2n) is 13.1. The lowest BCUT2D eigenvalue weighted by Crippen LogP contribution is -2.14. The topological polar surface area (TPSA) is 71.1 Å². The summed E-state index contributed by atoms with van der Waals surface area (Å²) in [5.41, 5.74) is 7.73. The van der Waals surface area contributed by atoms with Crippen LogP contribution >= 0.6 is 0 Å². The average Bonchev–Trinajstić information content (AvgIpc) is 3.15. The van der Waals surface area contributed by atoms with E-state index in [1.165, 1.54) is 64.7 Å². The van der Waals surface area contributed by atoms with Crippen molar-refractivity contribution >= 4 is 11.9 Å². The van der Waals surface area contributed by atoms with Crippen LogP contribution in [0.5, 0.6) is 11.5 Å². The second kappa shape index (κ2) is 17.7. The van der Waals surface area contributed by atoms with Gasteiger partial charge in [0.25, 0.3) is 0 Å². The van der Waals surface area contributed by atoms with Gasteiger partial charge in [-0.25, -0.2) is 9.59 Å². The molecule has 6 heteroatoms. The molecule has 0 aliphatic heterocycles. The highest BCUT2D eigenvalue weighted by Crippen LogP contribution is 2.40. The first kappa shape index (κ1) is 36.5. The van der Waals surface area contributed by atoms with Crippen LogP contribution in [0, 0.1) is 5.92 Å². The summed E-state index contributed by atoms with van der Waals surface area (Å²) >= 11 is 0. The fourth-order valence-electron chi connectivity index (χ4n) is 6.62. The normalized spacial score (nSPS) is 15.7. The van der Waals surface area contributed by atoms with Crippen LogP contribution in [-0.4, -0.2) is 39.4 Å². The molecule has 0 unspecified atom stereocenters. The van der Waals surface area contributed by atoms with Crippen LogP contribution < -0.4 is 9.47 Å². The molecule has 1 aliphatic rings. The lowest BCUT2D eigenvalue weighted by atomic mass is 9.77. The maximum atomic E-state index is 12.9. The average molecular weight is 673 g/mol. The summed E-state index contributed by atoms with van der Waals surface area (Å²) in [6.07, 6.45) is 9.07. The third-order valence-corrected chi connectivity index (χ3v) is 9.52. The maximum absolute atomic E-state index is 12.9. The predicted octanol–water partition coefficient (Wildman–Crippen LogP) is 10.4. The van der Waals surface area contributed by atoms with Crippen LogP contribution in [0.2, 0.25) is 0 Å². The van der Waals surface area contributed by atoms with Crippen molar-refractivity contribution in [1.29, 1.82) is 0 Å². The molecule has 0 heterocycles. The second-order valence-corrected chi connectivity index (χ2v) is 13.1. The first-order valence-electron chi connectivity index (χ1n) is 17.5. The number of ether oxygens (including phenoxy) is 4. The van der Waals surface area contributed by atoms with Gasteiger partial charge in [0.05, 0.1) is 24.4 Å². The summed E-state index contributed by atoms with van der Waals surface area (Å²) in [6.45, 7) is 10.0. The molecule has 0 aromatic heterocycles. The largest absolute Gasteiger partial charge is 0.423 e. The number of unbranched alkanes of at least 4 members (excludes halogenated alkanes) is 1. The van der Waals surface area contributed by atoms with E-state index >= 15 is 0 Å².